The maximum absolute atomic E-state index is 4.01. The van der Waals surface area contributed by atoms with Crippen molar-refractivity contribution in [3.63, 3.8) is 0 Å². The summed E-state index contributed by atoms with van der Waals surface area (Å²) in [5, 5.41) is 17.0. The fourth-order valence-corrected chi connectivity index (χ4v) is 1.60. The number of nitrogens with zero attached hydrogens (tertiary/aromatic N) is 3. The summed E-state index contributed by atoms with van der Waals surface area (Å²) in [6.45, 7) is 4.12. The van der Waals surface area contributed by atoms with Crippen LogP contribution >= 0.6 is 0 Å². The van der Waals surface area contributed by atoms with Crippen LogP contribution in [-0.2, 0) is 0 Å². The van der Waals surface area contributed by atoms with Crippen LogP contribution in [0.15, 0.2) is 33.6 Å². The van der Waals surface area contributed by atoms with Crippen molar-refractivity contribution < 1.29 is 0 Å². The van der Waals surface area contributed by atoms with E-state index in [2.05, 4.69) is 33.8 Å². The standard InChI is InChI=1S/C12H16N4/c1-2-3-8-13-9-7-10-5-4-6-11-12(10)15-16-14-11/h4-7,13H,2-3,8-9H2,1H3. The SMILES string of the molecule is CCCCNCC=c1cccc2c1=NN=N2. The van der Waals surface area contributed by atoms with Gasteiger partial charge >= 0.3 is 0 Å². The monoisotopic (exact) mass is 216 g/mol. The van der Waals surface area contributed by atoms with E-state index in [1.807, 2.05) is 18.2 Å². The van der Waals surface area contributed by atoms with E-state index >= 15 is 0 Å². The second-order valence-electron chi connectivity index (χ2n) is 3.77. The molecule has 0 spiro atoms. The third kappa shape index (κ3) is 2.52. The van der Waals surface area contributed by atoms with Gasteiger partial charge < -0.3 is 5.32 Å². The van der Waals surface area contributed by atoms with Gasteiger partial charge in [-0.1, -0.05) is 31.6 Å². The van der Waals surface area contributed by atoms with Gasteiger partial charge in [-0.25, -0.2) is 0 Å². The molecule has 0 aliphatic carbocycles. The lowest BCUT2D eigenvalue weighted by atomic mass is 10.2. The molecule has 0 aromatic heterocycles. The van der Waals surface area contributed by atoms with Crippen LogP contribution in [-0.4, -0.2) is 13.1 Å². The average molecular weight is 216 g/mol. The first-order valence-corrected chi connectivity index (χ1v) is 5.70. The first-order valence-electron chi connectivity index (χ1n) is 5.70. The lowest BCUT2D eigenvalue weighted by Crippen LogP contribution is -2.26. The Morgan fingerprint density at radius 1 is 1.38 bits per heavy atom. The van der Waals surface area contributed by atoms with E-state index in [-0.39, 0.29) is 0 Å². The summed E-state index contributed by atoms with van der Waals surface area (Å²) in [5.41, 5.74) is 0.863. The van der Waals surface area contributed by atoms with E-state index in [0.29, 0.717) is 0 Å². The summed E-state index contributed by atoms with van der Waals surface area (Å²) in [7, 11) is 0. The van der Waals surface area contributed by atoms with Crippen molar-refractivity contribution >= 4 is 11.8 Å². The van der Waals surface area contributed by atoms with Gasteiger partial charge in [-0.2, -0.15) is 0 Å². The van der Waals surface area contributed by atoms with Crippen molar-refractivity contribution in [2.24, 2.45) is 15.4 Å². The van der Waals surface area contributed by atoms with Crippen molar-refractivity contribution in [1.29, 1.82) is 0 Å². The Morgan fingerprint density at radius 3 is 3.19 bits per heavy atom. The van der Waals surface area contributed by atoms with Crippen LogP contribution in [0.4, 0.5) is 5.69 Å². The van der Waals surface area contributed by atoms with Crippen molar-refractivity contribution in [2.75, 3.05) is 13.1 Å². The van der Waals surface area contributed by atoms with Crippen molar-refractivity contribution in [3.05, 3.63) is 28.8 Å². The molecule has 0 saturated heterocycles. The normalized spacial score (nSPS) is 13.9. The Morgan fingerprint density at radius 2 is 2.31 bits per heavy atom. The van der Waals surface area contributed by atoms with Gasteiger partial charge in [0.1, 0.15) is 11.0 Å². The zero-order valence-corrected chi connectivity index (χ0v) is 9.48. The summed E-state index contributed by atoms with van der Waals surface area (Å²) in [6, 6.07) is 5.95. The molecule has 1 heterocycles. The van der Waals surface area contributed by atoms with Crippen LogP contribution in [0, 0.1) is 0 Å². The molecule has 1 aliphatic rings. The van der Waals surface area contributed by atoms with Gasteiger partial charge in [-0.3, -0.25) is 0 Å². The maximum atomic E-state index is 4.01. The molecule has 4 heteroatoms. The van der Waals surface area contributed by atoms with Crippen molar-refractivity contribution in [1.82, 2.24) is 5.32 Å². The van der Waals surface area contributed by atoms with Crippen LogP contribution in [0.3, 0.4) is 0 Å². The van der Waals surface area contributed by atoms with Crippen LogP contribution in [0.1, 0.15) is 19.8 Å². The molecule has 0 bridgehead atoms. The molecule has 0 fully saturated rings. The van der Waals surface area contributed by atoms with Crippen LogP contribution < -0.4 is 15.9 Å². The van der Waals surface area contributed by atoms with Crippen molar-refractivity contribution in [2.45, 2.75) is 19.8 Å². The largest absolute Gasteiger partial charge is 0.313 e. The molecular weight excluding hydrogens is 200 g/mol. The lowest BCUT2D eigenvalue weighted by Gasteiger charge is -1.98. The third-order valence-corrected chi connectivity index (χ3v) is 2.52. The highest BCUT2D eigenvalue weighted by atomic mass is 15.4. The molecule has 0 atom stereocenters. The Labute approximate surface area is 94.8 Å². The first-order chi connectivity index (χ1) is 7.92. The molecule has 0 amide bonds. The molecule has 2 rings (SSSR count). The summed E-state index contributed by atoms with van der Waals surface area (Å²) >= 11 is 0. The Kier molecular flexibility index (Phi) is 3.77. The highest BCUT2D eigenvalue weighted by Crippen LogP contribution is 2.06. The minimum absolute atomic E-state index is 0.863. The van der Waals surface area contributed by atoms with Crippen LogP contribution in [0.25, 0.3) is 6.08 Å². The first kappa shape index (κ1) is 11.0. The zero-order chi connectivity index (χ0) is 11.2. The van der Waals surface area contributed by atoms with E-state index in [4.69, 9.17) is 0 Å². The van der Waals surface area contributed by atoms with E-state index in [1.165, 1.54) is 12.8 Å². The average Bonchev–Trinajstić information content (AvgIpc) is 2.77. The van der Waals surface area contributed by atoms with Crippen molar-refractivity contribution in [3.8, 4) is 0 Å². The molecule has 16 heavy (non-hydrogen) atoms. The molecule has 1 N–H and O–H groups in total. The van der Waals surface area contributed by atoms with E-state index in [0.717, 1.165) is 29.4 Å². The zero-order valence-electron chi connectivity index (χ0n) is 9.48. The predicted octanol–water partition coefficient (Wildman–Crippen LogP) is 1.49. The highest BCUT2D eigenvalue weighted by Gasteiger charge is 2.00. The van der Waals surface area contributed by atoms with Gasteiger partial charge in [-0.05, 0) is 24.3 Å². The maximum Gasteiger partial charge on any atom is 0.122 e. The molecule has 0 unspecified atom stereocenters. The number of hydrogen-bond donors (Lipinski definition) is 1. The van der Waals surface area contributed by atoms with Gasteiger partial charge in [-0.15, -0.1) is 10.2 Å². The number of hydrogen-bond acceptors (Lipinski definition) is 4. The smallest absolute Gasteiger partial charge is 0.122 e. The molecule has 0 radical (unpaired) electrons. The van der Waals surface area contributed by atoms with Gasteiger partial charge in [0, 0.05) is 11.8 Å². The number of rotatable bonds is 5. The number of unbranched alkanes of at least 4 members (excludes halogenated alkanes) is 1. The van der Waals surface area contributed by atoms with Gasteiger partial charge in [0.15, 0.2) is 0 Å². The van der Waals surface area contributed by atoms with Crippen LogP contribution in [0.2, 0.25) is 0 Å². The molecule has 1 aromatic carbocycles. The highest BCUT2D eigenvalue weighted by molar-refractivity contribution is 5.40. The van der Waals surface area contributed by atoms with Gasteiger partial charge in [0.05, 0.1) is 0 Å². The van der Waals surface area contributed by atoms with E-state index in [1.54, 1.807) is 0 Å². The Hall–Kier alpha value is -1.55. The summed E-state index contributed by atoms with van der Waals surface area (Å²) < 4.78 is 0. The van der Waals surface area contributed by atoms with Gasteiger partial charge in [0.25, 0.3) is 0 Å². The number of nitrogens with one attached hydrogen (secondary N) is 1. The summed E-state index contributed by atoms with van der Waals surface area (Å²) in [5.74, 6) is 0. The second kappa shape index (κ2) is 5.51. The molecule has 1 aromatic rings. The third-order valence-electron chi connectivity index (χ3n) is 2.52. The quantitative estimate of drug-likeness (QED) is 0.745. The van der Waals surface area contributed by atoms with E-state index < -0.39 is 0 Å². The molecule has 4 nitrogen and oxygen atoms in total. The van der Waals surface area contributed by atoms with E-state index in [9.17, 15) is 0 Å². The fraction of sp³-hybridized carbons (Fsp3) is 0.417. The molecule has 1 aliphatic heterocycles. The predicted molar refractivity (Wildman–Crippen MR) is 64.0 cm³/mol. The van der Waals surface area contributed by atoms with Crippen LogP contribution in [0.5, 0.6) is 0 Å². The lowest BCUT2D eigenvalue weighted by molar-refractivity contribution is 0.689. The fourth-order valence-electron chi connectivity index (χ4n) is 1.60. The molecule has 0 saturated carbocycles. The second-order valence-corrected chi connectivity index (χ2v) is 3.77. The minimum atomic E-state index is 0.863. The number of benzene rings is 1. The Balaban J connectivity index is 2.05. The topological polar surface area (TPSA) is 49.1 Å². The van der Waals surface area contributed by atoms with Gasteiger partial charge in [0.2, 0.25) is 0 Å². The minimum Gasteiger partial charge on any atom is -0.313 e. The number of fused-ring (bicyclic) bond motifs is 1. The summed E-state index contributed by atoms with van der Waals surface area (Å²) in [6.07, 6.45) is 4.57. The molecule has 84 valence electrons. The molecular formula is C12H16N4. The Bertz CT molecular complexity index is 490. The summed E-state index contributed by atoms with van der Waals surface area (Å²) in [4.78, 5) is 0.